The molecule has 6 aliphatic rings. The molecule has 18 unspecified atom stereocenters. The molecule has 0 aliphatic carbocycles. The van der Waals surface area contributed by atoms with E-state index in [4.69, 9.17) is 71.1 Å². The summed E-state index contributed by atoms with van der Waals surface area (Å²) >= 11 is 0. The summed E-state index contributed by atoms with van der Waals surface area (Å²) in [5.41, 5.74) is 0. The minimum Gasteiger partial charge on any atom is -0.480 e. The Balaban J connectivity index is 0.0000182. The normalized spacial score (nSPS) is 32.7. The number of esters is 2. The SMILES string of the molecule is CCOC1OC(CO)C(COCC2OC(COC(=O)CN(CCN(CCN(CC(=O)O)CC(=O)O)CC(=O)O)CC(=O)O)C(COCC3OC(O)(COC4OC(CO)C(COCC5OC(COC(=O)CN(CCN(CCN(CC(=O)O)CC(=O)O)CC(=O)O)CC(=O)O)C(COCC6OC(COC)C(O)[C@@H](O)[C@@H]6O)[C@@H](O)[C@@H]5O)[C@@H](O)[C@@H]4O)C(O)C[C@@H]3O)[C@@H](O)[C@@H]2O)[C@@H](O)[C@@H]1O.[Gd].[Gd]. The van der Waals surface area contributed by atoms with Crippen LogP contribution in [0.5, 0.6) is 0 Å². The molecule has 6 rings (SSSR count). The standard InChI is InChI=1S/C75H126N6O49.2Gd/c1-3-121-73-71(113)64(106)37(42(23-82)128-73)25-118-31-48-66(108)62(104)39(44(125-48)34-122-60(102)21-80(19-58(98)99)10-6-76(13-52(86)87)4-8-78(15-54(90)91)16-55(92)93)27-117-30-46-41(84)12-51(85)75(115,130-46)36-124-74-72(114)65(107)38(43(24-83)129-74)26-119-32-49-67(109)63(105)40(28-120-33-50-69(111)70(112)68(110)47(127-50)29-116-2)45(126-49)35-123-61(103)22-81(20-59(100)101)11-7-77(14-53(88)89)5-9-79(17-56(94)95)18-57(96)97;;/h37-51,62-74,82-85,104-115H,3-36H2,1-2H3,(H,86,87)(H,88,89)(H,90,91)(H,92,93)(H,94,95)(H,96,97)(H,98,99)(H,100,101);;/t37?,38?,39?,40?,41-,42?,43?,44?,45?,46?,47?,48?,49?,50?,51?,62+,63+,64+,65+,66+,67+,68?,69+,70+,71-,72-,73?,74?,75?;;/m0../s1. The molecule has 0 aromatic heterocycles. The maximum Gasteiger partial charge on any atom is 0.320 e. The van der Waals surface area contributed by atoms with Gasteiger partial charge in [0, 0.05) is 176 Å². The molecule has 0 aromatic carbocycles. The number of rotatable bonds is 61. The van der Waals surface area contributed by atoms with E-state index in [9.17, 15) is 171 Å². The number of aliphatic hydroxyl groups excluding tert-OH is 15. The monoisotopic (exact) mass is 2210 g/mol. The Bertz CT molecular complexity index is 3460. The zero-order chi connectivity index (χ0) is 96.6. The van der Waals surface area contributed by atoms with Crippen molar-refractivity contribution in [2.45, 2.75) is 166 Å². The number of ether oxygens (including phenoxy) is 15. The van der Waals surface area contributed by atoms with Gasteiger partial charge >= 0.3 is 59.7 Å². The molecule has 766 valence electrons. The van der Waals surface area contributed by atoms with E-state index in [2.05, 4.69) is 0 Å². The van der Waals surface area contributed by atoms with Gasteiger partial charge in [0.15, 0.2) is 12.6 Å². The number of carboxylic acid groups (broad SMARTS) is 8. The van der Waals surface area contributed by atoms with E-state index < -0.39 is 394 Å². The topological polar surface area (TPSA) is 814 Å². The van der Waals surface area contributed by atoms with Crippen LogP contribution in [0.15, 0.2) is 0 Å². The fraction of sp³-hybridized carbons (Fsp3) is 0.867. The summed E-state index contributed by atoms with van der Waals surface area (Å²) < 4.78 is 85.7. The van der Waals surface area contributed by atoms with Crippen molar-refractivity contribution in [1.29, 1.82) is 0 Å². The number of carbonyl (C=O) groups excluding carboxylic acids is 2. The predicted octanol–water partition coefficient (Wildman–Crippen LogP) is -15.3. The summed E-state index contributed by atoms with van der Waals surface area (Å²) in [7, 11) is 1.28. The number of hydrogen-bond donors (Lipinski definition) is 24. The van der Waals surface area contributed by atoms with Gasteiger partial charge in [0.1, 0.15) is 99.2 Å². The number of carboxylic acids is 8. The van der Waals surface area contributed by atoms with Gasteiger partial charge in [-0.2, -0.15) is 0 Å². The Morgan fingerprint density at radius 3 is 0.909 bits per heavy atom. The van der Waals surface area contributed by atoms with Gasteiger partial charge in [-0.3, -0.25) is 77.3 Å². The Labute approximate surface area is 818 Å². The van der Waals surface area contributed by atoms with Gasteiger partial charge in [-0.15, -0.1) is 0 Å². The molecule has 29 atom stereocenters. The number of aliphatic carboxylic acids is 8. The van der Waals surface area contributed by atoms with E-state index in [-0.39, 0.29) is 145 Å². The Hall–Kier alpha value is -4.05. The first-order valence-corrected chi connectivity index (χ1v) is 41.6. The van der Waals surface area contributed by atoms with Crippen molar-refractivity contribution >= 4 is 59.7 Å². The van der Waals surface area contributed by atoms with Crippen molar-refractivity contribution in [2.24, 2.45) is 23.7 Å². The van der Waals surface area contributed by atoms with E-state index >= 15 is 0 Å². The molecule has 132 heavy (non-hydrogen) atoms. The molecular formula is C75H126Gd2N6O49. The largest absolute Gasteiger partial charge is 0.480 e. The van der Waals surface area contributed by atoms with Crippen LogP contribution in [0.1, 0.15) is 13.3 Å². The molecule has 57 heteroatoms. The van der Waals surface area contributed by atoms with Crippen LogP contribution in [-0.4, -0.2) is 588 Å². The van der Waals surface area contributed by atoms with Crippen molar-refractivity contribution in [3.8, 4) is 0 Å². The average Bonchev–Trinajstić information content (AvgIpc) is 0.796. The Morgan fingerprint density at radius 2 is 0.591 bits per heavy atom. The second-order valence-electron chi connectivity index (χ2n) is 32.2. The van der Waals surface area contributed by atoms with Crippen LogP contribution in [0, 0.1) is 104 Å². The molecule has 0 aromatic rings. The van der Waals surface area contributed by atoms with Gasteiger partial charge in [-0.05, 0) is 6.92 Å². The fourth-order valence-corrected chi connectivity index (χ4v) is 15.5. The fourth-order valence-electron chi connectivity index (χ4n) is 15.5. The van der Waals surface area contributed by atoms with E-state index in [1.165, 1.54) is 16.9 Å². The van der Waals surface area contributed by atoms with Crippen molar-refractivity contribution in [1.82, 2.24) is 29.4 Å². The van der Waals surface area contributed by atoms with Gasteiger partial charge in [0.25, 0.3) is 0 Å². The quantitative estimate of drug-likeness (QED) is 0.0251. The minimum atomic E-state index is -2.84. The van der Waals surface area contributed by atoms with E-state index in [1.807, 2.05) is 0 Å². The smallest absolute Gasteiger partial charge is 0.320 e. The third-order valence-electron chi connectivity index (χ3n) is 22.5. The summed E-state index contributed by atoms with van der Waals surface area (Å²) in [6, 6.07) is 0. The summed E-state index contributed by atoms with van der Waals surface area (Å²) in [5.74, 6) is -21.6. The molecular weight excluding hydrogens is 2080 g/mol. The Morgan fingerprint density at radius 1 is 0.318 bits per heavy atom. The molecule has 0 spiro atoms. The first kappa shape index (κ1) is 120. The van der Waals surface area contributed by atoms with Crippen LogP contribution in [0.4, 0.5) is 0 Å². The van der Waals surface area contributed by atoms with Crippen molar-refractivity contribution in [2.75, 3.05) is 224 Å². The third-order valence-corrected chi connectivity index (χ3v) is 22.5. The predicted molar refractivity (Wildman–Crippen MR) is 418 cm³/mol. The van der Waals surface area contributed by atoms with Gasteiger partial charge in [-0.1, -0.05) is 0 Å². The minimum absolute atomic E-state index is 0. The molecule has 6 heterocycles. The van der Waals surface area contributed by atoms with Gasteiger partial charge in [-0.25, -0.2) is 0 Å². The van der Waals surface area contributed by atoms with Crippen LogP contribution >= 0.6 is 0 Å². The van der Waals surface area contributed by atoms with Gasteiger partial charge < -0.3 is 194 Å². The molecule has 0 radical (unpaired) electrons. The van der Waals surface area contributed by atoms with Crippen LogP contribution in [0.2, 0.25) is 0 Å². The van der Waals surface area contributed by atoms with Crippen molar-refractivity contribution in [3.05, 3.63) is 0 Å². The zero-order valence-electron chi connectivity index (χ0n) is 72.0. The van der Waals surface area contributed by atoms with Crippen LogP contribution < -0.4 is 0 Å². The first-order chi connectivity index (χ1) is 61.4. The molecule has 6 aliphatic heterocycles. The molecule has 0 saturated carbocycles. The summed E-state index contributed by atoms with van der Waals surface area (Å²) in [4.78, 5) is 127. The molecule has 0 amide bonds. The summed E-state index contributed by atoms with van der Waals surface area (Å²) in [6.45, 7) is -17.7. The van der Waals surface area contributed by atoms with Crippen LogP contribution in [0.3, 0.4) is 0 Å². The third kappa shape index (κ3) is 38.9. The molecule has 24 N–H and O–H groups in total. The molecule has 0 bridgehead atoms. The molecule has 6 saturated heterocycles. The molecule has 6 fully saturated rings. The number of nitrogens with zero attached hydrogens (tertiary/aromatic N) is 6. The number of carbonyl (C=O) groups is 10. The second kappa shape index (κ2) is 60.2. The average molecular weight is 2210 g/mol. The van der Waals surface area contributed by atoms with E-state index in [1.54, 1.807) is 6.92 Å². The first-order valence-electron chi connectivity index (χ1n) is 41.6. The number of aliphatic hydroxyl groups is 16. The van der Waals surface area contributed by atoms with Gasteiger partial charge in [0.05, 0.1) is 193 Å². The summed E-state index contributed by atoms with van der Waals surface area (Å²) in [5, 5.41) is 254. The van der Waals surface area contributed by atoms with E-state index in [0.29, 0.717) is 0 Å². The molecule has 55 nitrogen and oxygen atoms in total. The van der Waals surface area contributed by atoms with Crippen LogP contribution in [-0.2, 0) is 119 Å². The van der Waals surface area contributed by atoms with E-state index in [0.717, 1.165) is 19.6 Å². The Kier molecular flexibility index (Phi) is 54.8. The zero-order valence-corrected chi connectivity index (χ0v) is 76.6. The van der Waals surface area contributed by atoms with Crippen molar-refractivity contribution < 1.29 is 321 Å². The number of hydrogen-bond acceptors (Lipinski definition) is 47. The second-order valence-corrected chi connectivity index (χ2v) is 32.2. The van der Waals surface area contributed by atoms with Crippen LogP contribution in [0.25, 0.3) is 0 Å². The maximum atomic E-state index is 13.7. The van der Waals surface area contributed by atoms with Gasteiger partial charge in [0.2, 0.25) is 5.79 Å². The summed E-state index contributed by atoms with van der Waals surface area (Å²) in [6.07, 6.45) is -40.4. The van der Waals surface area contributed by atoms with Crippen molar-refractivity contribution in [3.63, 3.8) is 0 Å². The maximum absolute atomic E-state index is 13.7. The number of methoxy groups -OCH3 is 1.